The highest BCUT2D eigenvalue weighted by Gasteiger charge is 2.36. The Labute approximate surface area is 235 Å². The molecule has 5 N–H and O–H groups in total. The van der Waals surface area contributed by atoms with Crippen LogP contribution in [0, 0.1) is 0 Å². The molecule has 2 aromatic rings. The second-order valence-corrected chi connectivity index (χ2v) is 8.94. The predicted octanol–water partition coefficient (Wildman–Crippen LogP) is 0.656. The van der Waals surface area contributed by atoms with Crippen molar-refractivity contribution in [3.05, 3.63) is 42.1 Å². The molecular weight excluding hydrogens is 542 g/mol. The van der Waals surface area contributed by atoms with Gasteiger partial charge in [-0.25, -0.2) is 14.6 Å². The van der Waals surface area contributed by atoms with Gasteiger partial charge < -0.3 is 50.0 Å². The number of ether oxygens (including phenoxy) is 4. The number of hydrogen-bond acceptors (Lipinski definition) is 10. The molecule has 1 aromatic carbocycles. The van der Waals surface area contributed by atoms with Crippen LogP contribution in [-0.2, 0) is 14.3 Å². The highest BCUT2D eigenvalue weighted by molar-refractivity contribution is 5.98. The van der Waals surface area contributed by atoms with Crippen molar-refractivity contribution in [2.75, 3.05) is 52.9 Å². The van der Waals surface area contributed by atoms with Gasteiger partial charge in [-0.2, -0.15) is 0 Å². The molecular formula is C26H33N5O10. The molecule has 0 spiro atoms. The van der Waals surface area contributed by atoms with Crippen LogP contribution < -0.4 is 30.2 Å². The van der Waals surface area contributed by atoms with Crippen LogP contribution in [0.2, 0.25) is 0 Å². The maximum Gasteiger partial charge on any atom is 0.407 e. The third kappa shape index (κ3) is 8.35. The van der Waals surface area contributed by atoms with Gasteiger partial charge in [0.25, 0.3) is 5.91 Å². The molecule has 3 atom stereocenters. The van der Waals surface area contributed by atoms with E-state index < -0.39 is 55.2 Å². The molecule has 3 unspecified atom stereocenters. The van der Waals surface area contributed by atoms with E-state index in [4.69, 9.17) is 18.9 Å². The molecule has 1 saturated heterocycles. The minimum Gasteiger partial charge on any atom is -0.493 e. The molecule has 15 heteroatoms. The number of anilines is 1. The minimum absolute atomic E-state index is 0.0525. The van der Waals surface area contributed by atoms with Gasteiger partial charge in [0.2, 0.25) is 11.7 Å². The highest BCUT2D eigenvalue weighted by atomic mass is 16.5. The Morgan fingerprint density at radius 3 is 2.34 bits per heavy atom. The van der Waals surface area contributed by atoms with Crippen molar-refractivity contribution in [2.24, 2.45) is 0 Å². The monoisotopic (exact) mass is 575 g/mol. The number of rotatable bonds is 14. The number of methoxy groups -OCH3 is 3. The summed E-state index contributed by atoms with van der Waals surface area (Å²) in [6.45, 7) is -0.469. The molecule has 1 aliphatic heterocycles. The Balaban J connectivity index is 1.51. The Kier molecular flexibility index (Phi) is 10.9. The van der Waals surface area contributed by atoms with Crippen molar-refractivity contribution in [1.29, 1.82) is 0 Å². The van der Waals surface area contributed by atoms with Crippen molar-refractivity contribution in [2.45, 2.75) is 24.6 Å². The van der Waals surface area contributed by atoms with Gasteiger partial charge in [-0.05, 0) is 30.7 Å². The molecule has 41 heavy (non-hydrogen) atoms. The second kappa shape index (κ2) is 14.6. The number of aromatic nitrogens is 1. The zero-order valence-electron chi connectivity index (χ0n) is 22.8. The molecule has 2 heterocycles. The first-order valence-corrected chi connectivity index (χ1v) is 12.5. The number of hydrogen-bond donors (Lipinski definition) is 5. The Hall–Kier alpha value is -4.79. The predicted molar refractivity (Wildman–Crippen MR) is 144 cm³/mol. The number of nitrogens with one attached hydrogen (secondary N) is 3. The molecule has 3 amide bonds. The summed E-state index contributed by atoms with van der Waals surface area (Å²) in [5.74, 6) is -1.47. The van der Waals surface area contributed by atoms with E-state index >= 15 is 0 Å². The first kappa shape index (κ1) is 30.7. The zero-order valence-corrected chi connectivity index (χ0v) is 22.8. The van der Waals surface area contributed by atoms with Gasteiger partial charge >= 0.3 is 12.1 Å². The third-order valence-corrected chi connectivity index (χ3v) is 6.29. The number of carbonyl (C=O) groups excluding carboxylic acids is 2. The minimum atomic E-state index is -1.46. The van der Waals surface area contributed by atoms with Gasteiger partial charge in [0.1, 0.15) is 18.5 Å². The molecule has 0 saturated carbocycles. The van der Waals surface area contributed by atoms with Gasteiger partial charge in [-0.15, -0.1) is 0 Å². The summed E-state index contributed by atoms with van der Waals surface area (Å²) >= 11 is 0. The molecule has 1 aliphatic rings. The number of aliphatic carboxylic acids is 1. The summed E-state index contributed by atoms with van der Waals surface area (Å²) in [5, 5.41) is 27.0. The standard InChI is InChI=1S/C26H33N5O10/c1-38-19-8-15(9-20(39-2)23(19)40-3)24(33)30-18(25(34)35)12-29-22(32)14-41-17-10-16(31(13-17)26(36)37)11-28-21-6-4-5-7-27-21/h4-9,16-18H,10-14H2,1-3H3,(H,27,28)(H,29,32)(H,30,33)(H,34,35)(H,36,37). The fourth-order valence-electron chi connectivity index (χ4n) is 4.23. The van der Waals surface area contributed by atoms with E-state index in [0.29, 0.717) is 18.8 Å². The lowest BCUT2D eigenvalue weighted by atomic mass is 10.1. The van der Waals surface area contributed by atoms with Crippen molar-refractivity contribution < 1.29 is 48.3 Å². The maximum atomic E-state index is 12.8. The highest BCUT2D eigenvalue weighted by Crippen LogP contribution is 2.38. The first-order valence-electron chi connectivity index (χ1n) is 12.5. The summed E-state index contributed by atoms with van der Waals surface area (Å²) in [7, 11) is 4.16. The molecule has 222 valence electrons. The van der Waals surface area contributed by atoms with E-state index in [1.165, 1.54) is 38.4 Å². The molecule has 0 aliphatic carbocycles. The van der Waals surface area contributed by atoms with Crippen LogP contribution >= 0.6 is 0 Å². The lowest BCUT2D eigenvalue weighted by Gasteiger charge is -2.21. The van der Waals surface area contributed by atoms with E-state index in [-0.39, 0.29) is 29.4 Å². The molecule has 0 bridgehead atoms. The van der Waals surface area contributed by atoms with Crippen LogP contribution in [0.5, 0.6) is 17.2 Å². The number of carbonyl (C=O) groups is 4. The fourth-order valence-corrected chi connectivity index (χ4v) is 4.23. The number of carboxylic acids is 1. The van der Waals surface area contributed by atoms with Gasteiger partial charge in [0.05, 0.1) is 40.0 Å². The van der Waals surface area contributed by atoms with Gasteiger partial charge in [-0.3, -0.25) is 9.59 Å². The van der Waals surface area contributed by atoms with Gasteiger partial charge in [0, 0.05) is 24.8 Å². The molecule has 3 rings (SSSR count). The third-order valence-electron chi connectivity index (χ3n) is 6.29. The van der Waals surface area contributed by atoms with E-state index in [2.05, 4.69) is 20.9 Å². The largest absolute Gasteiger partial charge is 0.493 e. The Morgan fingerprint density at radius 2 is 1.78 bits per heavy atom. The normalized spacial score (nSPS) is 16.8. The number of nitrogens with zero attached hydrogens (tertiary/aromatic N) is 2. The van der Waals surface area contributed by atoms with Crippen molar-refractivity contribution in [1.82, 2.24) is 20.5 Å². The quantitative estimate of drug-likeness (QED) is 0.211. The first-order chi connectivity index (χ1) is 19.7. The maximum absolute atomic E-state index is 12.8. The van der Waals surface area contributed by atoms with E-state index in [9.17, 15) is 29.4 Å². The number of likely N-dealkylation sites (tertiary alicyclic amines) is 1. The van der Waals surface area contributed by atoms with Crippen LogP contribution in [0.3, 0.4) is 0 Å². The summed E-state index contributed by atoms with van der Waals surface area (Å²) in [6.07, 6.45) is 0.314. The molecule has 15 nitrogen and oxygen atoms in total. The topological polar surface area (TPSA) is 198 Å². The Bertz CT molecular complexity index is 1200. The van der Waals surface area contributed by atoms with Crippen molar-refractivity contribution >= 4 is 29.7 Å². The van der Waals surface area contributed by atoms with Crippen molar-refractivity contribution in [3.8, 4) is 17.2 Å². The van der Waals surface area contributed by atoms with Gasteiger partial charge in [0.15, 0.2) is 11.5 Å². The van der Waals surface area contributed by atoms with Gasteiger partial charge in [-0.1, -0.05) is 6.07 Å². The van der Waals surface area contributed by atoms with E-state index in [1.807, 2.05) is 0 Å². The number of benzene rings is 1. The fraction of sp³-hybridized carbons (Fsp3) is 0.423. The number of carboxylic acid groups (broad SMARTS) is 2. The summed E-state index contributed by atoms with van der Waals surface area (Å²) in [5.41, 5.74) is 0.0525. The van der Waals surface area contributed by atoms with E-state index in [1.54, 1.807) is 24.4 Å². The van der Waals surface area contributed by atoms with Crippen LogP contribution in [0.1, 0.15) is 16.8 Å². The van der Waals surface area contributed by atoms with Crippen LogP contribution in [0.15, 0.2) is 36.5 Å². The lowest BCUT2D eigenvalue weighted by Crippen LogP contribution is -2.49. The van der Waals surface area contributed by atoms with Crippen LogP contribution in [0.25, 0.3) is 0 Å². The van der Waals surface area contributed by atoms with E-state index in [0.717, 1.165) is 0 Å². The number of pyridine rings is 1. The second-order valence-electron chi connectivity index (χ2n) is 8.94. The molecule has 0 radical (unpaired) electrons. The average Bonchev–Trinajstić information content (AvgIpc) is 3.40. The smallest absolute Gasteiger partial charge is 0.407 e. The summed E-state index contributed by atoms with van der Waals surface area (Å²) < 4.78 is 21.3. The number of amides is 3. The Morgan fingerprint density at radius 1 is 1.07 bits per heavy atom. The van der Waals surface area contributed by atoms with Crippen LogP contribution in [-0.4, -0.2) is 110 Å². The lowest BCUT2D eigenvalue weighted by molar-refractivity contribution is -0.139. The molecule has 1 aromatic heterocycles. The van der Waals surface area contributed by atoms with Crippen LogP contribution in [0.4, 0.5) is 10.6 Å². The van der Waals surface area contributed by atoms with Crippen molar-refractivity contribution in [3.63, 3.8) is 0 Å². The summed E-state index contributed by atoms with van der Waals surface area (Å²) in [4.78, 5) is 54.0. The molecule has 1 fully saturated rings. The average molecular weight is 576 g/mol. The SMILES string of the molecule is COc1cc(C(=O)NC(CNC(=O)COC2CC(CNc3ccccn3)N(C(=O)O)C2)C(=O)O)cc(OC)c1OC. The summed E-state index contributed by atoms with van der Waals surface area (Å²) in [6, 6.07) is 6.20. The zero-order chi connectivity index (χ0) is 29.9.